The monoisotopic (exact) mass is 370 g/mol. The number of hydrogen-bond donors (Lipinski definition) is 2. The van der Waals surface area contributed by atoms with Gasteiger partial charge in [-0.05, 0) is 36.6 Å². The van der Waals surface area contributed by atoms with Crippen molar-refractivity contribution in [2.45, 2.75) is 25.8 Å². The van der Waals surface area contributed by atoms with Crippen molar-refractivity contribution in [2.24, 2.45) is 0 Å². The third-order valence-corrected chi connectivity index (χ3v) is 4.77. The maximum atomic E-state index is 12.2. The fourth-order valence-corrected chi connectivity index (χ4v) is 3.43. The Labute approximate surface area is 144 Å². The number of hydrogen-bond acceptors (Lipinski definition) is 1. The van der Waals surface area contributed by atoms with Gasteiger partial charge in [0.2, 0.25) is 5.91 Å². The maximum Gasteiger partial charge on any atom is 0.220 e. The molecule has 23 heavy (non-hydrogen) atoms. The van der Waals surface area contributed by atoms with Crippen molar-refractivity contribution in [1.29, 1.82) is 0 Å². The molecule has 0 saturated heterocycles. The first-order valence-electron chi connectivity index (χ1n) is 7.74. The van der Waals surface area contributed by atoms with E-state index in [1.54, 1.807) is 0 Å². The normalized spacial score (nSPS) is 12.3. The van der Waals surface area contributed by atoms with Crippen molar-refractivity contribution in [2.75, 3.05) is 0 Å². The molecule has 0 fully saturated rings. The lowest BCUT2D eigenvalue weighted by atomic mass is 10.1. The minimum atomic E-state index is -0.0129. The average Bonchev–Trinajstić information content (AvgIpc) is 2.96. The zero-order valence-electron chi connectivity index (χ0n) is 13.0. The van der Waals surface area contributed by atoms with Gasteiger partial charge in [-0.3, -0.25) is 4.79 Å². The number of para-hydroxylation sites is 1. The topological polar surface area (TPSA) is 44.9 Å². The number of nitrogens with one attached hydrogen (secondary N) is 2. The van der Waals surface area contributed by atoms with E-state index in [1.165, 1.54) is 10.9 Å². The number of carbonyl (C=O) groups excluding carboxylic acids is 1. The Hall–Kier alpha value is -2.07. The maximum absolute atomic E-state index is 12.2. The van der Waals surface area contributed by atoms with Crippen LogP contribution in [0.1, 0.15) is 30.5 Å². The van der Waals surface area contributed by atoms with E-state index in [-0.39, 0.29) is 11.9 Å². The van der Waals surface area contributed by atoms with Crippen LogP contribution in [0.25, 0.3) is 10.9 Å². The third-order valence-electron chi connectivity index (χ3n) is 4.05. The number of aromatic nitrogens is 1. The number of aryl methyl sites for hydroxylation is 1. The van der Waals surface area contributed by atoms with Gasteiger partial charge in [-0.1, -0.05) is 52.3 Å². The quantitative estimate of drug-likeness (QED) is 0.669. The summed E-state index contributed by atoms with van der Waals surface area (Å²) in [5, 5.41) is 4.26. The molecular formula is C19H19BrN2O. The van der Waals surface area contributed by atoms with Gasteiger partial charge in [0, 0.05) is 28.0 Å². The van der Waals surface area contributed by atoms with Crippen LogP contribution in [-0.4, -0.2) is 10.9 Å². The van der Waals surface area contributed by atoms with E-state index < -0.39 is 0 Å². The first kappa shape index (κ1) is 15.8. The van der Waals surface area contributed by atoms with Crippen LogP contribution >= 0.6 is 15.9 Å². The molecule has 0 aliphatic carbocycles. The molecule has 1 atom stereocenters. The molecule has 3 rings (SSSR count). The fourth-order valence-electron chi connectivity index (χ4n) is 2.80. The predicted octanol–water partition coefficient (Wildman–Crippen LogP) is 4.74. The summed E-state index contributed by atoms with van der Waals surface area (Å²) in [5.41, 5.74) is 3.39. The number of benzene rings is 2. The molecular weight excluding hydrogens is 352 g/mol. The van der Waals surface area contributed by atoms with Crippen LogP contribution in [0.3, 0.4) is 0 Å². The van der Waals surface area contributed by atoms with Gasteiger partial charge in [0.25, 0.3) is 0 Å². The summed E-state index contributed by atoms with van der Waals surface area (Å²) < 4.78 is 1.02. The summed E-state index contributed by atoms with van der Waals surface area (Å²) in [7, 11) is 0. The molecule has 0 radical (unpaired) electrons. The van der Waals surface area contributed by atoms with Crippen LogP contribution < -0.4 is 5.32 Å². The molecule has 0 aliphatic rings. The van der Waals surface area contributed by atoms with Crippen molar-refractivity contribution in [1.82, 2.24) is 10.3 Å². The molecule has 1 amide bonds. The lowest BCUT2D eigenvalue weighted by Crippen LogP contribution is -2.27. The Bertz CT molecular complexity index is 825. The molecule has 1 heterocycles. The number of aromatic amines is 1. The first-order valence-corrected chi connectivity index (χ1v) is 8.53. The van der Waals surface area contributed by atoms with Crippen LogP contribution in [0.15, 0.2) is 59.2 Å². The van der Waals surface area contributed by atoms with Gasteiger partial charge < -0.3 is 10.3 Å². The minimum Gasteiger partial charge on any atom is -0.361 e. The molecule has 2 N–H and O–H groups in total. The molecule has 0 saturated carbocycles. The van der Waals surface area contributed by atoms with E-state index in [4.69, 9.17) is 0 Å². The Kier molecular flexibility index (Phi) is 4.82. The second-order valence-corrected chi connectivity index (χ2v) is 6.52. The molecule has 118 valence electrons. The van der Waals surface area contributed by atoms with E-state index in [0.717, 1.165) is 22.0 Å². The highest BCUT2D eigenvalue weighted by atomic mass is 79.9. The molecule has 0 spiro atoms. The van der Waals surface area contributed by atoms with E-state index in [9.17, 15) is 4.79 Å². The molecule has 1 unspecified atom stereocenters. The van der Waals surface area contributed by atoms with E-state index in [1.807, 2.05) is 55.6 Å². The minimum absolute atomic E-state index is 0.0129. The zero-order chi connectivity index (χ0) is 16.2. The number of fused-ring (bicyclic) bond motifs is 1. The second kappa shape index (κ2) is 7.01. The van der Waals surface area contributed by atoms with Gasteiger partial charge in [0.1, 0.15) is 0 Å². The molecule has 0 bridgehead atoms. The van der Waals surface area contributed by atoms with Crippen LogP contribution in [0.2, 0.25) is 0 Å². The lowest BCUT2D eigenvalue weighted by molar-refractivity contribution is -0.121. The van der Waals surface area contributed by atoms with Gasteiger partial charge >= 0.3 is 0 Å². The third kappa shape index (κ3) is 3.64. The van der Waals surface area contributed by atoms with Gasteiger partial charge in [-0.15, -0.1) is 0 Å². The SMILES string of the molecule is CC(NC(=O)CCc1c[nH]c2ccccc12)c1ccccc1Br. The highest BCUT2D eigenvalue weighted by Gasteiger charge is 2.12. The van der Waals surface area contributed by atoms with Gasteiger partial charge in [-0.2, -0.15) is 0 Å². The smallest absolute Gasteiger partial charge is 0.220 e. The summed E-state index contributed by atoms with van der Waals surface area (Å²) in [6.07, 6.45) is 3.21. The first-order chi connectivity index (χ1) is 11.1. The molecule has 4 heteroatoms. The molecule has 0 aliphatic heterocycles. The molecule has 3 aromatic rings. The van der Waals surface area contributed by atoms with E-state index in [2.05, 4.69) is 32.3 Å². The summed E-state index contributed by atoms with van der Waals surface area (Å²) >= 11 is 3.53. The van der Waals surface area contributed by atoms with Gasteiger partial charge in [0.15, 0.2) is 0 Å². The summed E-state index contributed by atoms with van der Waals surface area (Å²) in [6, 6.07) is 16.1. The largest absolute Gasteiger partial charge is 0.361 e. The Morgan fingerprint density at radius 2 is 1.91 bits per heavy atom. The molecule has 3 nitrogen and oxygen atoms in total. The summed E-state index contributed by atoms with van der Waals surface area (Å²) in [4.78, 5) is 15.5. The van der Waals surface area contributed by atoms with Crippen molar-refractivity contribution in [3.63, 3.8) is 0 Å². The lowest BCUT2D eigenvalue weighted by Gasteiger charge is -2.15. The highest BCUT2D eigenvalue weighted by molar-refractivity contribution is 9.10. The van der Waals surface area contributed by atoms with E-state index >= 15 is 0 Å². The van der Waals surface area contributed by atoms with Crippen LogP contribution in [0, 0.1) is 0 Å². The summed E-state index contributed by atoms with van der Waals surface area (Å²) in [5.74, 6) is 0.0681. The molecule has 2 aromatic carbocycles. The predicted molar refractivity (Wildman–Crippen MR) is 97.3 cm³/mol. The number of amides is 1. The number of H-pyrrole nitrogens is 1. The number of rotatable bonds is 5. The van der Waals surface area contributed by atoms with Crippen molar-refractivity contribution in [3.8, 4) is 0 Å². The second-order valence-electron chi connectivity index (χ2n) is 5.67. The van der Waals surface area contributed by atoms with E-state index in [0.29, 0.717) is 6.42 Å². The fraction of sp³-hybridized carbons (Fsp3) is 0.211. The van der Waals surface area contributed by atoms with Crippen molar-refractivity contribution >= 4 is 32.7 Å². The molecule has 1 aromatic heterocycles. The van der Waals surface area contributed by atoms with Crippen molar-refractivity contribution in [3.05, 3.63) is 70.3 Å². The average molecular weight is 371 g/mol. The zero-order valence-corrected chi connectivity index (χ0v) is 14.6. The Balaban J connectivity index is 1.61. The van der Waals surface area contributed by atoms with Crippen LogP contribution in [-0.2, 0) is 11.2 Å². The Morgan fingerprint density at radius 1 is 1.17 bits per heavy atom. The Morgan fingerprint density at radius 3 is 2.74 bits per heavy atom. The van der Waals surface area contributed by atoms with Gasteiger partial charge in [-0.25, -0.2) is 0 Å². The number of carbonyl (C=O) groups is 1. The highest BCUT2D eigenvalue weighted by Crippen LogP contribution is 2.23. The van der Waals surface area contributed by atoms with Crippen LogP contribution in [0.5, 0.6) is 0 Å². The summed E-state index contributed by atoms with van der Waals surface area (Å²) in [6.45, 7) is 2.00. The standard InChI is InChI=1S/C19H19BrN2O/c1-13(15-6-2-4-8-17(15)20)22-19(23)11-10-14-12-21-18-9-5-3-7-16(14)18/h2-9,12-13,21H,10-11H2,1H3,(H,22,23). The van der Waals surface area contributed by atoms with Gasteiger partial charge in [0.05, 0.1) is 6.04 Å². The number of halogens is 1. The van der Waals surface area contributed by atoms with Crippen molar-refractivity contribution < 1.29 is 4.79 Å². The van der Waals surface area contributed by atoms with Crippen LogP contribution in [0.4, 0.5) is 0 Å².